The molecule has 3 aromatic rings. The second-order valence-corrected chi connectivity index (χ2v) is 6.25. The molecule has 1 amide bonds. The summed E-state index contributed by atoms with van der Waals surface area (Å²) in [6.07, 6.45) is 0.738. The maximum atomic E-state index is 12.3. The highest BCUT2D eigenvalue weighted by Gasteiger charge is 2.15. The van der Waals surface area contributed by atoms with Crippen LogP contribution in [0.5, 0.6) is 0 Å². The number of hydrogen-bond acceptors (Lipinski definition) is 6. The van der Waals surface area contributed by atoms with Crippen LogP contribution in [0.25, 0.3) is 16.7 Å². The summed E-state index contributed by atoms with van der Waals surface area (Å²) >= 11 is 0. The fraction of sp³-hybridized carbons (Fsp3) is 0.412. The average molecular weight is 358 g/mol. The van der Waals surface area contributed by atoms with E-state index < -0.39 is 0 Å². The molecule has 0 aliphatic heterocycles. The van der Waals surface area contributed by atoms with Gasteiger partial charge in [0.2, 0.25) is 5.65 Å². The fourth-order valence-corrected chi connectivity index (χ4v) is 2.68. The summed E-state index contributed by atoms with van der Waals surface area (Å²) in [4.78, 5) is 29.0. The van der Waals surface area contributed by atoms with E-state index in [1.165, 1.54) is 4.40 Å². The number of rotatable bonds is 7. The van der Waals surface area contributed by atoms with Crippen LogP contribution in [0, 0.1) is 0 Å². The number of benzene rings is 1. The minimum absolute atomic E-state index is 0.114. The number of nitrogens with one attached hydrogen (secondary N) is 3. The largest absolute Gasteiger partial charge is 0.385 e. The second kappa shape index (κ2) is 7.52. The van der Waals surface area contributed by atoms with Gasteiger partial charge in [-0.2, -0.15) is 0 Å². The van der Waals surface area contributed by atoms with Gasteiger partial charge in [-0.15, -0.1) is 5.10 Å². The lowest BCUT2D eigenvalue weighted by Gasteiger charge is -2.12. The van der Waals surface area contributed by atoms with Crippen molar-refractivity contribution >= 4 is 28.4 Å². The third-order valence-electron chi connectivity index (χ3n) is 3.83. The molecule has 138 valence electrons. The highest BCUT2D eigenvalue weighted by atomic mass is 16.5. The van der Waals surface area contributed by atoms with Crippen molar-refractivity contribution in [3.05, 3.63) is 34.2 Å². The zero-order valence-electron chi connectivity index (χ0n) is 15.0. The Bertz CT molecular complexity index is 991. The van der Waals surface area contributed by atoms with E-state index in [2.05, 4.69) is 25.8 Å². The van der Waals surface area contributed by atoms with E-state index in [-0.39, 0.29) is 17.6 Å². The van der Waals surface area contributed by atoms with Crippen LogP contribution in [0.4, 0.5) is 5.82 Å². The summed E-state index contributed by atoms with van der Waals surface area (Å²) in [5.41, 5.74) is 1.68. The lowest BCUT2D eigenvalue weighted by molar-refractivity contribution is 0.0948. The topological polar surface area (TPSA) is 113 Å². The van der Waals surface area contributed by atoms with Gasteiger partial charge in [0.15, 0.2) is 5.82 Å². The molecule has 2 aromatic heterocycles. The highest BCUT2D eigenvalue weighted by Crippen LogP contribution is 2.20. The van der Waals surface area contributed by atoms with Crippen molar-refractivity contribution in [2.24, 2.45) is 0 Å². The van der Waals surface area contributed by atoms with Crippen LogP contribution in [-0.4, -0.2) is 51.8 Å². The van der Waals surface area contributed by atoms with Crippen molar-refractivity contribution in [1.29, 1.82) is 0 Å². The number of hydrogen-bond donors (Lipinski definition) is 3. The zero-order valence-corrected chi connectivity index (χ0v) is 15.0. The van der Waals surface area contributed by atoms with Crippen molar-refractivity contribution in [2.45, 2.75) is 26.3 Å². The van der Waals surface area contributed by atoms with Gasteiger partial charge in [0.05, 0.1) is 11.0 Å². The van der Waals surface area contributed by atoms with Crippen LogP contribution in [0.1, 0.15) is 30.6 Å². The third kappa shape index (κ3) is 3.52. The lowest BCUT2D eigenvalue weighted by Crippen LogP contribution is -2.25. The Balaban J connectivity index is 2.00. The number of ether oxygens (including phenoxy) is 1. The predicted molar refractivity (Wildman–Crippen MR) is 98.7 cm³/mol. The smallest absolute Gasteiger partial charge is 0.348 e. The maximum Gasteiger partial charge on any atom is 0.348 e. The number of aromatic amines is 1. The number of nitrogens with zero attached hydrogens (tertiary/aromatic N) is 3. The standard InChI is InChI=1S/C17H22N6O3/c1-10(2)19-14-15-21-22-17(25)23(15)13-6-5-11(9-12(13)20-14)16(24)18-7-4-8-26-3/h5-6,9-10H,4,7-8H2,1-3H3,(H,18,24)(H,19,20)(H,22,25). The van der Waals surface area contributed by atoms with Crippen molar-refractivity contribution in [2.75, 3.05) is 25.6 Å². The fourth-order valence-electron chi connectivity index (χ4n) is 2.68. The predicted octanol–water partition coefficient (Wildman–Crippen LogP) is 1.16. The van der Waals surface area contributed by atoms with Crippen LogP contribution in [-0.2, 0) is 4.74 Å². The van der Waals surface area contributed by atoms with Gasteiger partial charge in [-0.3, -0.25) is 4.79 Å². The molecule has 0 fully saturated rings. The summed E-state index contributed by atoms with van der Waals surface area (Å²) in [7, 11) is 1.62. The minimum atomic E-state index is -0.351. The molecule has 0 atom stereocenters. The summed E-state index contributed by atoms with van der Waals surface area (Å²) in [6.45, 7) is 5.05. The van der Waals surface area contributed by atoms with Crippen LogP contribution in [0.2, 0.25) is 0 Å². The van der Waals surface area contributed by atoms with Crippen molar-refractivity contribution in [3.63, 3.8) is 0 Å². The molecule has 0 saturated heterocycles. The van der Waals surface area contributed by atoms with Crippen molar-refractivity contribution in [1.82, 2.24) is 24.9 Å². The van der Waals surface area contributed by atoms with Gasteiger partial charge in [0.1, 0.15) is 0 Å². The monoisotopic (exact) mass is 358 g/mol. The number of carbonyl (C=O) groups excluding carboxylic acids is 1. The first-order valence-electron chi connectivity index (χ1n) is 8.46. The van der Waals surface area contributed by atoms with Crippen LogP contribution >= 0.6 is 0 Å². The number of anilines is 1. The number of amides is 1. The molecule has 3 rings (SSSR count). The van der Waals surface area contributed by atoms with Crippen LogP contribution in [0.3, 0.4) is 0 Å². The van der Waals surface area contributed by atoms with Crippen LogP contribution < -0.4 is 16.3 Å². The molecule has 0 radical (unpaired) electrons. The van der Waals surface area contributed by atoms with Gasteiger partial charge in [-0.05, 0) is 38.5 Å². The van der Waals surface area contributed by atoms with Crippen molar-refractivity contribution in [3.8, 4) is 0 Å². The van der Waals surface area contributed by atoms with E-state index in [1.54, 1.807) is 25.3 Å². The summed E-state index contributed by atoms with van der Waals surface area (Å²) < 4.78 is 6.42. The van der Waals surface area contributed by atoms with Crippen molar-refractivity contribution < 1.29 is 9.53 Å². The molecule has 2 heterocycles. The Morgan fingerprint density at radius 2 is 2.19 bits per heavy atom. The Morgan fingerprint density at radius 3 is 2.92 bits per heavy atom. The van der Waals surface area contributed by atoms with E-state index in [0.717, 1.165) is 6.42 Å². The van der Waals surface area contributed by atoms with E-state index in [4.69, 9.17) is 4.74 Å². The van der Waals surface area contributed by atoms with Gasteiger partial charge in [0, 0.05) is 31.9 Å². The first-order chi connectivity index (χ1) is 12.5. The van der Waals surface area contributed by atoms with E-state index in [0.29, 0.717) is 41.2 Å². The SMILES string of the molecule is COCCCNC(=O)c1ccc2c(c1)nc(NC(C)C)c1n[nH]c(=O)n12. The molecule has 0 aliphatic rings. The Labute approximate surface area is 149 Å². The normalized spacial score (nSPS) is 11.4. The zero-order chi connectivity index (χ0) is 18.7. The molecule has 3 N–H and O–H groups in total. The Hall–Kier alpha value is -2.94. The molecular weight excluding hydrogens is 336 g/mol. The summed E-state index contributed by atoms with van der Waals surface area (Å²) in [6, 6.07) is 5.16. The van der Waals surface area contributed by atoms with Crippen LogP contribution in [0.15, 0.2) is 23.0 Å². The lowest BCUT2D eigenvalue weighted by atomic mass is 10.1. The number of H-pyrrole nitrogens is 1. The van der Waals surface area contributed by atoms with Gasteiger partial charge >= 0.3 is 5.69 Å². The molecule has 0 aliphatic carbocycles. The summed E-state index contributed by atoms with van der Waals surface area (Å²) in [5, 5.41) is 12.5. The highest BCUT2D eigenvalue weighted by molar-refractivity contribution is 5.98. The van der Waals surface area contributed by atoms with Gasteiger partial charge in [-0.25, -0.2) is 19.3 Å². The Kier molecular flexibility index (Phi) is 5.17. The van der Waals surface area contributed by atoms with E-state index in [1.807, 2.05) is 13.8 Å². The minimum Gasteiger partial charge on any atom is -0.385 e. The van der Waals surface area contributed by atoms with Gasteiger partial charge in [0.25, 0.3) is 5.91 Å². The quantitative estimate of drug-likeness (QED) is 0.546. The number of methoxy groups -OCH3 is 1. The molecule has 9 nitrogen and oxygen atoms in total. The average Bonchev–Trinajstić information content (AvgIpc) is 3.00. The van der Waals surface area contributed by atoms with Gasteiger partial charge in [-0.1, -0.05) is 0 Å². The molecule has 0 saturated carbocycles. The number of fused-ring (bicyclic) bond motifs is 3. The summed E-state index contributed by atoms with van der Waals surface area (Å²) in [5.74, 6) is 0.298. The Morgan fingerprint density at radius 1 is 1.38 bits per heavy atom. The molecule has 1 aromatic carbocycles. The maximum absolute atomic E-state index is 12.3. The molecule has 0 unspecified atom stereocenters. The molecular formula is C17H22N6O3. The van der Waals surface area contributed by atoms with E-state index >= 15 is 0 Å². The first-order valence-corrected chi connectivity index (χ1v) is 8.46. The molecule has 0 spiro atoms. The molecule has 0 bridgehead atoms. The third-order valence-corrected chi connectivity index (χ3v) is 3.83. The first kappa shape index (κ1) is 17.9. The number of carbonyl (C=O) groups is 1. The molecule has 9 heteroatoms. The van der Waals surface area contributed by atoms with E-state index in [9.17, 15) is 9.59 Å². The number of aromatic nitrogens is 4. The molecule has 26 heavy (non-hydrogen) atoms. The van der Waals surface area contributed by atoms with Gasteiger partial charge < -0.3 is 15.4 Å². The second-order valence-electron chi connectivity index (χ2n) is 6.25.